The van der Waals surface area contributed by atoms with Gasteiger partial charge in [-0.2, -0.15) is 0 Å². The minimum Gasteiger partial charge on any atom is -0.496 e. The van der Waals surface area contributed by atoms with Gasteiger partial charge in [0.05, 0.1) is 7.11 Å². The molecule has 2 aromatic rings. The Morgan fingerprint density at radius 1 is 0.966 bits per heavy atom. The molecule has 2 aromatic carbocycles. The smallest absolute Gasteiger partial charge is 0.410 e. The number of methoxy groups -OCH3 is 1. The summed E-state index contributed by atoms with van der Waals surface area (Å²) in [5.74, 6) is 1.87. The SMILES string of the molecule is COc1cc(N2CC3CN(C(=O)OC(C)(C)C)CC3C2)ccc1-c1ccccc1. The minimum absolute atomic E-state index is 0.188. The summed E-state index contributed by atoms with van der Waals surface area (Å²) in [6.07, 6.45) is -0.188. The molecule has 2 aliphatic heterocycles. The third kappa shape index (κ3) is 4.19. The first-order valence-corrected chi connectivity index (χ1v) is 10.3. The normalized spacial score (nSPS) is 21.2. The van der Waals surface area contributed by atoms with Crippen molar-refractivity contribution in [3.63, 3.8) is 0 Å². The summed E-state index contributed by atoms with van der Waals surface area (Å²) in [6, 6.07) is 16.8. The zero-order valence-corrected chi connectivity index (χ0v) is 17.7. The lowest BCUT2D eigenvalue weighted by atomic mass is 10.0. The maximum Gasteiger partial charge on any atom is 0.410 e. The number of hydrogen-bond acceptors (Lipinski definition) is 4. The van der Waals surface area contributed by atoms with E-state index in [0.717, 1.165) is 43.1 Å². The Labute approximate surface area is 173 Å². The predicted octanol–water partition coefficient (Wildman–Crippen LogP) is 4.67. The first-order chi connectivity index (χ1) is 13.8. The van der Waals surface area contributed by atoms with Crippen LogP contribution in [0.4, 0.5) is 10.5 Å². The van der Waals surface area contributed by atoms with E-state index in [1.807, 2.05) is 43.9 Å². The lowest BCUT2D eigenvalue weighted by Crippen LogP contribution is -2.37. The van der Waals surface area contributed by atoms with Crippen molar-refractivity contribution in [3.05, 3.63) is 48.5 Å². The van der Waals surface area contributed by atoms with Crippen LogP contribution >= 0.6 is 0 Å². The van der Waals surface area contributed by atoms with Crippen LogP contribution in [0, 0.1) is 11.8 Å². The number of amides is 1. The molecule has 0 saturated carbocycles. The van der Waals surface area contributed by atoms with Gasteiger partial charge in [0, 0.05) is 55.3 Å². The molecule has 154 valence electrons. The molecule has 4 rings (SSSR count). The van der Waals surface area contributed by atoms with Crippen molar-refractivity contribution in [3.8, 4) is 16.9 Å². The van der Waals surface area contributed by atoms with Crippen LogP contribution in [0.2, 0.25) is 0 Å². The standard InChI is InChI=1S/C24H30N2O3/c1-24(2,3)29-23(27)26-15-18-13-25(14-19(18)16-26)20-10-11-21(22(12-20)28-4)17-8-6-5-7-9-17/h5-12,18-19H,13-16H2,1-4H3. The van der Waals surface area contributed by atoms with E-state index in [4.69, 9.17) is 9.47 Å². The number of fused-ring (bicyclic) bond motifs is 1. The highest BCUT2D eigenvalue weighted by atomic mass is 16.6. The van der Waals surface area contributed by atoms with E-state index in [-0.39, 0.29) is 6.09 Å². The Kier molecular flexibility index (Phi) is 5.15. The zero-order chi connectivity index (χ0) is 20.6. The van der Waals surface area contributed by atoms with Crippen molar-refractivity contribution in [2.75, 3.05) is 38.2 Å². The zero-order valence-electron chi connectivity index (χ0n) is 17.7. The molecule has 5 heteroatoms. The maximum absolute atomic E-state index is 12.4. The molecule has 29 heavy (non-hydrogen) atoms. The van der Waals surface area contributed by atoms with Gasteiger partial charge in [-0.3, -0.25) is 0 Å². The summed E-state index contributed by atoms with van der Waals surface area (Å²) in [5, 5.41) is 0. The average molecular weight is 395 g/mol. The third-order valence-electron chi connectivity index (χ3n) is 5.77. The molecule has 2 aliphatic rings. The number of nitrogens with zero attached hydrogens (tertiary/aromatic N) is 2. The van der Waals surface area contributed by atoms with Gasteiger partial charge >= 0.3 is 6.09 Å². The predicted molar refractivity (Wildman–Crippen MR) is 115 cm³/mol. The second-order valence-electron chi connectivity index (χ2n) is 9.06. The van der Waals surface area contributed by atoms with E-state index in [1.165, 1.54) is 5.69 Å². The molecular weight excluding hydrogens is 364 g/mol. The van der Waals surface area contributed by atoms with Gasteiger partial charge in [-0.15, -0.1) is 0 Å². The average Bonchev–Trinajstić information content (AvgIpc) is 3.26. The Morgan fingerprint density at radius 2 is 1.62 bits per heavy atom. The molecule has 0 spiro atoms. The molecule has 1 amide bonds. The molecule has 0 radical (unpaired) electrons. The molecule has 0 aliphatic carbocycles. The van der Waals surface area contributed by atoms with Crippen molar-refractivity contribution < 1.29 is 14.3 Å². The monoisotopic (exact) mass is 394 g/mol. The highest BCUT2D eigenvalue weighted by Crippen LogP contribution is 2.38. The van der Waals surface area contributed by atoms with Crippen molar-refractivity contribution in [2.24, 2.45) is 11.8 Å². The Morgan fingerprint density at radius 3 is 2.21 bits per heavy atom. The summed E-state index contributed by atoms with van der Waals surface area (Å²) < 4.78 is 11.2. The second-order valence-corrected chi connectivity index (χ2v) is 9.06. The van der Waals surface area contributed by atoms with Crippen molar-refractivity contribution in [1.82, 2.24) is 4.90 Å². The maximum atomic E-state index is 12.4. The fourth-order valence-corrected chi connectivity index (χ4v) is 4.41. The van der Waals surface area contributed by atoms with Crippen LogP contribution in [-0.4, -0.2) is 49.9 Å². The van der Waals surface area contributed by atoms with E-state index in [0.29, 0.717) is 11.8 Å². The molecule has 2 fully saturated rings. The molecule has 5 nitrogen and oxygen atoms in total. The number of hydrogen-bond donors (Lipinski definition) is 0. The summed E-state index contributed by atoms with van der Waals surface area (Å²) in [6.45, 7) is 9.20. The first kappa shape index (κ1) is 19.6. The molecule has 0 aromatic heterocycles. The van der Waals surface area contributed by atoms with Gasteiger partial charge in [0.25, 0.3) is 0 Å². The molecular formula is C24H30N2O3. The lowest BCUT2D eigenvalue weighted by molar-refractivity contribution is 0.0282. The Bertz CT molecular complexity index is 861. The van der Waals surface area contributed by atoms with Crippen LogP contribution in [0.3, 0.4) is 0 Å². The van der Waals surface area contributed by atoms with E-state index in [9.17, 15) is 4.79 Å². The molecule has 2 unspecified atom stereocenters. The number of benzene rings is 2. The quantitative estimate of drug-likeness (QED) is 0.759. The molecule has 0 bridgehead atoms. The highest BCUT2D eigenvalue weighted by molar-refractivity contribution is 5.74. The Balaban J connectivity index is 1.44. The topological polar surface area (TPSA) is 42.0 Å². The lowest BCUT2D eigenvalue weighted by Gasteiger charge is -2.26. The number of likely N-dealkylation sites (tertiary alicyclic amines) is 1. The molecule has 2 atom stereocenters. The van der Waals surface area contributed by atoms with Crippen LogP contribution < -0.4 is 9.64 Å². The van der Waals surface area contributed by atoms with Crippen LogP contribution in [0.1, 0.15) is 20.8 Å². The van der Waals surface area contributed by atoms with E-state index in [2.05, 4.69) is 35.2 Å². The van der Waals surface area contributed by atoms with Crippen LogP contribution in [0.15, 0.2) is 48.5 Å². The molecule has 0 N–H and O–H groups in total. The first-order valence-electron chi connectivity index (χ1n) is 10.3. The largest absolute Gasteiger partial charge is 0.496 e. The van der Waals surface area contributed by atoms with Gasteiger partial charge in [0.1, 0.15) is 11.4 Å². The molecule has 2 heterocycles. The fraction of sp³-hybridized carbons (Fsp3) is 0.458. The van der Waals surface area contributed by atoms with E-state index >= 15 is 0 Å². The number of carbonyl (C=O) groups is 1. The van der Waals surface area contributed by atoms with Gasteiger partial charge < -0.3 is 19.3 Å². The second kappa shape index (κ2) is 7.62. The Hall–Kier alpha value is -2.69. The number of anilines is 1. The van der Waals surface area contributed by atoms with Gasteiger partial charge in [-0.25, -0.2) is 4.79 Å². The van der Waals surface area contributed by atoms with Crippen molar-refractivity contribution >= 4 is 11.8 Å². The number of rotatable bonds is 3. The van der Waals surface area contributed by atoms with Crippen LogP contribution in [0.25, 0.3) is 11.1 Å². The molecule has 2 saturated heterocycles. The van der Waals surface area contributed by atoms with Gasteiger partial charge in [0.15, 0.2) is 0 Å². The summed E-state index contributed by atoms with van der Waals surface area (Å²) in [7, 11) is 1.73. The van der Waals surface area contributed by atoms with Gasteiger partial charge in [0.2, 0.25) is 0 Å². The van der Waals surface area contributed by atoms with Gasteiger partial charge in [-0.05, 0) is 38.5 Å². The minimum atomic E-state index is -0.447. The third-order valence-corrected chi connectivity index (χ3v) is 5.77. The number of carbonyl (C=O) groups excluding carboxylic acids is 1. The number of ether oxygens (including phenoxy) is 2. The van der Waals surface area contributed by atoms with Crippen LogP contribution in [-0.2, 0) is 4.74 Å². The van der Waals surface area contributed by atoms with E-state index < -0.39 is 5.60 Å². The van der Waals surface area contributed by atoms with Crippen molar-refractivity contribution in [2.45, 2.75) is 26.4 Å². The van der Waals surface area contributed by atoms with Crippen molar-refractivity contribution in [1.29, 1.82) is 0 Å². The summed E-state index contributed by atoms with van der Waals surface area (Å²) in [4.78, 5) is 16.7. The summed E-state index contributed by atoms with van der Waals surface area (Å²) >= 11 is 0. The van der Waals surface area contributed by atoms with E-state index in [1.54, 1.807) is 7.11 Å². The van der Waals surface area contributed by atoms with Crippen LogP contribution in [0.5, 0.6) is 5.75 Å². The highest BCUT2D eigenvalue weighted by Gasteiger charge is 2.42. The fourth-order valence-electron chi connectivity index (χ4n) is 4.41. The van der Waals surface area contributed by atoms with Gasteiger partial charge in [-0.1, -0.05) is 30.3 Å². The summed E-state index contributed by atoms with van der Waals surface area (Å²) in [5.41, 5.74) is 2.99.